The Hall–Kier alpha value is -1.30. The average Bonchev–Trinajstić information content (AvgIpc) is 3.03. The van der Waals surface area contributed by atoms with E-state index in [-0.39, 0.29) is 5.91 Å². The fourth-order valence-electron chi connectivity index (χ4n) is 2.58. The minimum absolute atomic E-state index is 0.169. The quantitative estimate of drug-likeness (QED) is 0.914. The van der Waals surface area contributed by atoms with Gasteiger partial charge in [0.1, 0.15) is 0 Å². The number of aliphatic hydroxyl groups is 1. The number of hydrogen-bond donors (Lipinski definition) is 1. The molecule has 0 saturated carbocycles. The molecule has 0 saturated heterocycles. The van der Waals surface area contributed by atoms with Gasteiger partial charge in [-0.1, -0.05) is 30.3 Å². The van der Waals surface area contributed by atoms with E-state index < -0.39 is 6.10 Å². The molecule has 3 rings (SSSR count). The van der Waals surface area contributed by atoms with E-state index >= 15 is 0 Å². The predicted octanol–water partition coefficient (Wildman–Crippen LogP) is 3.10. The summed E-state index contributed by atoms with van der Waals surface area (Å²) in [5.74, 6) is 1.15. The summed E-state index contributed by atoms with van der Waals surface area (Å²) >= 11 is 3.28. The monoisotopic (exact) mass is 333 g/mol. The van der Waals surface area contributed by atoms with Gasteiger partial charge >= 0.3 is 0 Å². The van der Waals surface area contributed by atoms with E-state index in [9.17, 15) is 9.90 Å². The molecule has 2 heterocycles. The minimum atomic E-state index is -0.510. The van der Waals surface area contributed by atoms with Crippen molar-refractivity contribution in [3.05, 3.63) is 57.8 Å². The van der Waals surface area contributed by atoms with E-state index in [1.54, 1.807) is 11.3 Å². The van der Waals surface area contributed by atoms with Gasteiger partial charge in [0.2, 0.25) is 5.91 Å². The van der Waals surface area contributed by atoms with Crippen molar-refractivity contribution in [3.63, 3.8) is 0 Å². The number of thiophene rings is 1. The molecule has 0 radical (unpaired) electrons. The summed E-state index contributed by atoms with van der Waals surface area (Å²) in [4.78, 5) is 15.6. The predicted molar refractivity (Wildman–Crippen MR) is 92.2 cm³/mol. The lowest BCUT2D eigenvalue weighted by molar-refractivity contribution is -0.129. The summed E-state index contributed by atoms with van der Waals surface area (Å²) in [6, 6.07) is 11.7. The highest BCUT2D eigenvalue weighted by Gasteiger charge is 2.21. The Bertz CT molecular complexity index is 627. The third kappa shape index (κ3) is 3.72. The maximum atomic E-state index is 12.3. The van der Waals surface area contributed by atoms with Gasteiger partial charge in [-0.15, -0.1) is 23.1 Å². The van der Waals surface area contributed by atoms with E-state index in [0.29, 0.717) is 11.5 Å². The Morgan fingerprint density at radius 2 is 2.14 bits per heavy atom. The van der Waals surface area contributed by atoms with Gasteiger partial charge in [-0.05, 0) is 29.0 Å². The van der Waals surface area contributed by atoms with E-state index in [4.69, 9.17) is 0 Å². The highest BCUT2D eigenvalue weighted by Crippen LogP contribution is 2.25. The average molecular weight is 333 g/mol. The Kier molecular flexibility index (Phi) is 5.18. The number of thioether (sulfide) groups is 1. The molecule has 22 heavy (non-hydrogen) atoms. The summed E-state index contributed by atoms with van der Waals surface area (Å²) in [5, 5.41) is 12.2. The van der Waals surface area contributed by atoms with Gasteiger partial charge in [0.15, 0.2) is 0 Å². The molecule has 5 heteroatoms. The van der Waals surface area contributed by atoms with Gasteiger partial charge in [0.25, 0.3) is 0 Å². The second-order valence-corrected chi connectivity index (χ2v) is 7.41. The molecule has 0 aliphatic carbocycles. The Labute approximate surface area is 139 Å². The number of benzene rings is 1. The van der Waals surface area contributed by atoms with Gasteiger partial charge in [0, 0.05) is 23.7 Å². The standard InChI is InChI=1S/C17H19NO2S2/c19-15(13-4-2-1-3-5-13)11-21-12-17(20)18-8-6-16-14(10-18)7-9-22-16/h1-5,7,9,15,19H,6,8,10-12H2/t15-/m0/s1. The fraction of sp³-hybridized carbons (Fsp3) is 0.353. The maximum Gasteiger partial charge on any atom is 0.232 e. The SMILES string of the molecule is O=C(CSC[C@H](O)c1ccccc1)N1CCc2sccc2C1. The second kappa shape index (κ2) is 7.31. The lowest BCUT2D eigenvalue weighted by Gasteiger charge is -2.27. The van der Waals surface area contributed by atoms with Crippen molar-refractivity contribution in [1.29, 1.82) is 0 Å². The van der Waals surface area contributed by atoms with Gasteiger partial charge in [-0.3, -0.25) is 4.79 Å². The largest absolute Gasteiger partial charge is 0.388 e. The van der Waals surface area contributed by atoms with Crippen LogP contribution in [-0.2, 0) is 17.8 Å². The van der Waals surface area contributed by atoms with Gasteiger partial charge in [0.05, 0.1) is 11.9 Å². The van der Waals surface area contributed by atoms with Crippen molar-refractivity contribution >= 4 is 29.0 Å². The molecule has 1 aromatic heterocycles. The number of aliphatic hydroxyl groups excluding tert-OH is 1. The van der Waals surface area contributed by atoms with Crippen LogP contribution in [0.25, 0.3) is 0 Å². The van der Waals surface area contributed by atoms with Crippen LogP contribution in [-0.4, -0.2) is 34.0 Å². The first kappa shape index (κ1) is 15.6. The number of nitrogens with zero attached hydrogens (tertiary/aromatic N) is 1. The Morgan fingerprint density at radius 3 is 2.95 bits per heavy atom. The molecule has 116 valence electrons. The molecule has 1 aliphatic heterocycles. The van der Waals surface area contributed by atoms with E-state index in [1.807, 2.05) is 35.2 Å². The first-order valence-electron chi connectivity index (χ1n) is 7.38. The second-order valence-electron chi connectivity index (χ2n) is 5.38. The zero-order chi connectivity index (χ0) is 15.4. The Morgan fingerprint density at radius 1 is 1.32 bits per heavy atom. The number of amides is 1. The van der Waals surface area contributed by atoms with Crippen LogP contribution in [0.1, 0.15) is 22.1 Å². The van der Waals surface area contributed by atoms with Crippen LogP contribution in [0.5, 0.6) is 0 Å². The number of carbonyl (C=O) groups excluding carboxylic acids is 1. The van der Waals surface area contributed by atoms with Crippen molar-refractivity contribution in [2.75, 3.05) is 18.1 Å². The fourth-order valence-corrected chi connectivity index (χ4v) is 4.36. The van der Waals surface area contributed by atoms with Crippen LogP contribution in [0.3, 0.4) is 0 Å². The first-order chi connectivity index (χ1) is 10.7. The van der Waals surface area contributed by atoms with Crippen molar-refractivity contribution in [2.24, 2.45) is 0 Å². The molecular weight excluding hydrogens is 314 g/mol. The van der Waals surface area contributed by atoms with Crippen molar-refractivity contribution in [1.82, 2.24) is 4.90 Å². The number of hydrogen-bond acceptors (Lipinski definition) is 4. The maximum absolute atomic E-state index is 12.3. The van der Waals surface area contributed by atoms with Gasteiger partial charge in [-0.25, -0.2) is 0 Å². The van der Waals surface area contributed by atoms with Crippen LogP contribution in [0.4, 0.5) is 0 Å². The van der Waals surface area contributed by atoms with Crippen molar-refractivity contribution in [3.8, 4) is 0 Å². The third-order valence-corrected chi connectivity index (χ3v) is 5.87. The first-order valence-corrected chi connectivity index (χ1v) is 9.41. The lowest BCUT2D eigenvalue weighted by Crippen LogP contribution is -2.36. The topological polar surface area (TPSA) is 40.5 Å². The van der Waals surface area contributed by atoms with Crippen LogP contribution in [0.2, 0.25) is 0 Å². The molecule has 0 fully saturated rings. The van der Waals surface area contributed by atoms with Crippen LogP contribution < -0.4 is 0 Å². The zero-order valence-electron chi connectivity index (χ0n) is 12.3. The minimum Gasteiger partial charge on any atom is -0.388 e. The third-order valence-electron chi connectivity index (χ3n) is 3.85. The molecule has 0 bridgehead atoms. The summed E-state index contributed by atoms with van der Waals surface area (Å²) < 4.78 is 0. The molecule has 2 aromatic rings. The van der Waals surface area contributed by atoms with Crippen LogP contribution in [0.15, 0.2) is 41.8 Å². The summed E-state index contributed by atoms with van der Waals surface area (Å²) in [6.07, 6.45) is 0.458. The highest BCUT2D eigenvalue weighted by molar-refractivity contribution is 7.99. The van der Waals surface area contributed by atoms with Crippen molar-refractivity contribution in [2.45, 2.75) is 19.1 Å². The van der Waals surface area contributed by atoms with Crippen LogP contribution >= 0.6 is 23.1 Å². The summed E-state index contributed by atoms with van der Waals surface area (Å²) in [7, 11) is 0. The molecule has 1 amide bonds. The zero-order valence-corrected chi connectivity index (χ0v) is 13.9. The van der Waals surface area contributed by atoms with Crippen molar-refractivity contribution < 1.29 is 9.90 Å². The Balaban J connectivity index is 1.45. The van der Waals surface area contributed by atoms with E-state index in [0.717, 1.165) is 25.1 Å². The molecule has 0 unspecified atom stereocenters. The number of carbonyl (C=O) groups is 1. The van der Waals surface area contributed by atoms with Gasteiger partial charge < -0.3 is 10.0 Å². The molecular formula is C17H19NO2S2. The molecule has 1 aromatic carbocycles. The highest BCUT2D eigenvalue weighted by atomic mass is 32.2. The van der Waals surface area contributed by atoms with E-state index in [2.05, 4.69) is 11.4 Å². The molecule has 1 aliphatic rings. The van der Waals surface area contributed by atoms with Crippen LogP contribution in [0, 0.1) is 0 Å². The van der Waals surface area contributed by atoms with Gasteiger partial charge in [-0.2, -0.15) is 0 Å². The smallest absolute Gasteiger partial charge is 0.232 e. The summed E-state index contributed by atoms with van der Waals surface area (Å²) in [5.41, 5.74) is 2.20. The molecule has 3 nitrogen and oxygen atoms in total. The number of fused-ring (bicyclic) bond motifs is 1. The number of rotatable bonds is 5. The molecule has 1 atom stereocenters. The summed E-state index contributed by atoms with van der Waals surface area (Å²) in [6.45, 7) is 1.55. The molecule has 1 N–H and O–H groups in total. The lowest BCUT2D eigenvalue weighted by atomic mass is 10.1. The van der Waals surface area contributed by atoms with E-state index in [1.165, 1.54) is 22.2 Å². The molecule has 0 spiro atoms. The normalized spacial score (nSPS) is 15.4.